The molecular formula is C40H47NaO37. The first-order chi connectivity index (χ1) is 35.2. The van der Waals surface area contributed by atoms with Crippen LogP contribution in [0.3, 0.4) is 0 Å². The van der Waals surface area contributed by atoms with E-state index in [1.807, 2.05) is 0 Å². The third-order valence-electron chi connectivity index (χ3n) is 8.88. The number of ether oxygens (including phenoxy) is 4. The summed E-state index contributed by atoms with van der Waals surface area (Å²) in [6, 6.07) is 0. The number of ketones is 2. The van der Waals surface area contributed by atoms with E-state index in [-0.39, 0.29) is 41.1 Å². The fourth-order valence-corrected chi connectivity index (χ4v) is 4.68. The number of aliphatic hydroxyl groups is 19. The molecule has 1 aromatic rings. The number of hydrogen-bond donors (Lipinski definition) is 23. The van der Waals surface area contributed by atoms with Gasteiger partial charge < -0.3 is 146 Å². The van der Waals surface area contributed by atoms with Gasteiger partial charge in [-0.15, -0.1) is 0 Å². The van der Waals surface area contributed by atoms with E-state index in [1.165, 1.54) is 13.8 Å². The van der Waals surface area contributed by atoms with Crippen molar-refractivity contribution >= 4 is 47.4 Å². The van der Waals surface area contributed by atoms with E-state index in [1.54, 1.807) is 13.8 Å². The number of Topliss-reactive ketones (excluding diaryl/α,β-unsaturated/α-hetero) is 2. The molecule has 23 N–H and O–H groups in total. The molecule has 430 valence electrons. The minimum atomic E-state index is -1.89. The molecule has 78 heavy (non-hydrogen) atoms. The Labute approximate surface area is 453 Å². The number of carboxylic acids is 2. The van der Waals surface area contributed by atoms with Crippen LogP contribution in [0.1, 0.15) is 25.4 Å². The minimum Gasteiger partial charge on any atom is -0.870 e. The zero-order chi connectivity index (χ0) is 60.6. The molecule has 4 aliphatic heterocycles. The summed E-state index contributed by atoms with van der Waals surface area (Å²) in [5, 5.41) is 209. The van der Waals surface area contributed by atoms with Gasteiger partial charge in [0.05, 0.1) is 19.8 Å². The molecule has 6 rings (SSSR count). The Kier molecular flexibility index (Phi) is 27.5. The average molecular weight is 1140 g/mol. The van der Waals surface area contributed by atoms with Crippen LogP contribution in [0.5, 0.6) is 11.5 Å². The first-order valence-corrected chi connectivity index (χ1v) is 19.8. The van der Waals surface area contributed by atoms with Crippen LogP contribution in [-0.2, 0) is 57.3 Å². The monoisotopic (exact) mass is 1140 g/mol. The summed E-state index contributed by atoms with van der Waals surface area (Å²) in [6.07, 6.45) is -8.50. The Hall–Kier alpha value is -8.82. The second-order valence-corrected chi connectivity index (χ2v) is 14.8. The number of aliphatic carboxylic acids is 2. The molecule has 38 heteroatoms. The van der Waals surface area contributed by atoms with E-state index in [0.29, 0.717) is 11.5 Å². The van der Waals surface area contributed by atoms with Gasteiger partial charge in [-0.3, -0.25) is 9.59 Å². The van der Waals surface area contributed by atoms with Crippen molar-refractivity contribution in [3.63, 3.8) is 0 Å². The quantitative estimate of drug-likeness (QED) is 0.0287. The number of carboxylic acid groups (broad SMARTS) is 2. The summed E-state index contributed by atoms with van der Waals surface area (Å²) in [5.41, 5.74) is -1.07. The van der Waals surface area contributed by atoms with Gasteiger partial charge in [0, 0.05) is 0 Å². The van der Waals surface area contributed by atoms with Crippen LogP contribution in [0.2, 0.25) is 0 Å². The summed E-state index contributed by atoms with van der Waals surface area (Å²) >= 11 is 0. The van der Waals surface area contributed by atoms with Crippen LogP contribution in [0.15, 0.2) is 85.0 Å². The summed E-state index contributed by atoms with van der Waals surface area (Å²) < 4.78 is 22.3. The molecule has 0 bridgehead atoms. The van der Waals surface area contributed by atoms with Gasteiger partial charge in [-0.05, 0) is 33.5 Å². The number of rotatable bonds is 8. The van der Waals surface area contributed by atoms with E-state index in [2.05, 4.69) is 18.9 Å². The molecule has 5 heterocycles. The van der Waals surface area contributed by atoms with Crippen LogP contribution in [0, 0.1) is 13.8 Å². The first-order valence-electron chi connectivity index (χ1n) is 19.8. The fraction of sp³-hybridized carbons (Fsp3) is 0.350. The molecule has 0 unspecified atom stereocenters. The molecule has 0 radical (unpaired) electrons. The Morgan fingerprint density at radius 1 is 0.487 bits per heavy atom. The Bertz CT molecular complexity index is 2470. The molecule has 6 atom stereocenters. The van der Waals surface area contributed by atoms with Crippen molar-refractivity contribution in [1.82, 2.24) is 0 Å². The van der Waals surface area contributed by atoms with Gasteiger partial charge in [0.25, 0.3) is 23.1 Å². The van der Waals surface area contributed by atoms with E-state index in [4.69, 9.17) is 122 Å². The number of carbonyl (C=O) groups is 8. The third kappa shape index (κ3) is 17.9. The second kappa shape index (κ2) is 30.1. The van der Waals surface area contributed by atoms with Gasteiger partial charge in [0.15, 0.2) is 52.3 Å². The summed E-state index contributed by atoms with van der Waals surface area (Å²) in [5.74, 6) is -25.1. The standard InChI is InChI=1S/3C6H8O6.C6H4O6.C6H8O4.C6H8O3.C4H4O6.Na/c3*7-1-2(8)5-3(9)4(10)6(11)12-5;7-1-2(8)4(10)6(12)5(11)3(1)9;1-6(2)4(8)3(7)5(9)10-6;1-3-5(7)6(8)4(2)9-3;5-1(3(7)8)2(6)4(9)10;/h3*2,5,7-10H,1H2;7-8,11-12H;7-8H,1-2H3;7-8H,1-2H3;5-6H,(H,7,8)(H,9,10);/q;;;;;;;+1/p-1/b;;;;;;2-1-;/t2*2-,5+;2-,5-;;;;;/m001...../s1. The zero-order valence-corrected chi connectivity index (χ0v) is 42.1. The van der Waals surface area contributed by atoms with Crippen LogP contribution < -0.4 is 34.7 Å². The van der Waals surface area contributed by atoms with E-state index in [0.717, 1.165) is 0 Å². The molecule has 0 amide bonds. The topological polar surface area (TPSA) is 675 Å². The summed E-state index contributed by atoms with van der Waals surface area (Å²) in [7, 11) is 0. The van der Waals surface area contributed by atoms with Crippen LogP contribution in [-0.4, -0.2) is 227 Å². The third-order valence-corrected chi connectivity index (χ3v) is 8.88. The summed E-state index contributed by atoms with van der Waals surface area (Å²) in [6.45, 7) is 4.10. The predicted octanol–water partition coefficient (Wildman–Crippen LogP) is -7.18. The maximum Gasteiger partial charge on any atom is 1.00 e. The maximum absolute atomic E-state index is 10.8. The van der Waals surface area contributed by atoms with Crippen molar-refractivity contribution in [2.24, 2.45) is 0 Å². The van der Waals surface area contributed by atoms with Gasteiger partial charge in [0.2, 0.25) is 40.3 Å². The normalized spacial score (nSPS) is 20.5. The number of esters is 4. The smallest absolute Gasteiger partial charge is 0.870 e. The zero-order valence-electron chi connectivity index (χ0n) is 40.1. The molecule has 0 aromatic carbocycles. The van der Waals surface area contributed by atoms with Crippen LogP contribution in [0.4, 0.5) is 0 Å². The molecule has 1 aliphatic carbocycles. The number of furan rings is 1. The Balaban J connectivity index is 0. The molecule has 0 fully saturated rings. The maximum atomic E-state index is 10.8. The van der Waals surface area contributed by atoms with Gasteiger partial charge in [-0.1, -0.05) is 0 Å². The van der Waals surface area contributed by atoms with E-state index < -0.39 is 190 Å². The van der Waals surface area contributed by atoms with Crippen LogP contribution in [0.25, 0.3) is 0 Å². The SMILES string of the molecule is CC1(C)OC(=O)C(O)=C1O.Cc1oc(C)c(O)c1O.O=C(O)/C(O)=C(/O)C(=O)O.O=C1C(O)=C(O)C(=O)C(O)=C1O.O=C1O[C@H]([C@@H](O)CO)C(O)=C1O.O=C1O[C@H]([C@@H](O)CO)C([O-])=C1O.O=C1O[C@H]([C@H](O)CO)C(O)=C1O.[Na+]. The molecule has 0 saturated carbocycles. The molecule has 0 spiro atoms. The van der Waals surface area contributed by atoms with Crippen molar-refractivity contribution in [2.75, 3.05) is 19.8 Å². The molecule has 5 aliphatic rings. The van der Waals surface area contributed by atoms with Gasteiger partial charge in [-0.25, -0.2) is 28.8 Å². The second-order valence-electron chi connectivity index (χ2n) is 14.8. The number of aryl methyl sites for hydroxylation is 2. The first kappa shape index (κ1) is 71.3. The molecule has 1 aromatic heterocycles. The average Bonchev–Trinajstić information content (AvgIpc) is 4.04. The predicted molar refractivity (Wildman–Crippen MR) is 229 cm³/mol. The Morgan fingerprint density at radius 2 is 0.769 bits per heavy atom. The van der Waals surface area contributed by atoms with Crippen molar-refractivity contribution in [2.45, 2.75) is 69.9 Å². The van der Waals surface area contributed by atoms with E-state index in [9.17, 15) is 43.5 Å². The number of aromatic hydroxyl groups is 2. The van der Waals surface area contributed by atoms with Crippen molar-refractivity contribution in [1.29, 1.82) is 0 Å². The largest absolute Gasteiger partial charge is 1.00 e. The van der Waals surface area contributed by atoms with Crippen molar-refractivity contribution in [3.8, 4) is 11.5 Å². The van der Waals surface area contributed by atoms with Gasteiger partial charge >= 0.3 is 65.4 Å². The number of cyclic esters (lactones) is 4. The van der Waals surface area contributed by atoms with Gasteiger partial charge in [0.1, 0.15) is 35.9 Å². The Morgan fingerprint density at radius 3 is 0.936 bits per heavy atom. The van der Waals surface area contributed by atoms with E-state index >= 15 is 0 Å². The molecule has 0 saturated heterocycles. The van der Waals surface area contributed by atoms with Crippen molar-refractivity contribution < 1.29 is 214 Å². The summed E-state index contributed by atoms with van der Waals surface area (Å²) in [4.78, 5) is 82.7. The minimum absolute atomic E-state index is 0. The number of carbonyl (C=O) groups excluding carboxylic acids is 6. The van der Waals surface area contributed by atoms with Crippen molar-refractivity contribution in [3.05, 3.63) is 92.1 Å². The molecule has 37 nitrogen and oxygen atoms in total. The number of aliphatic hydroxyl groups excluding tert-OH is 19. The van der Waals surface area contributed by atoms with Gasteiger partial charge in [-0.2, -0.15) is 0 Å². The van der Waals surface area contributed by atoms with Crippen LogP contribution >= 0.6 is 0 Å². The fourth-order valence-electron chi connectivity index (χ4n) is 4.68. The molecular weight excluding hydrogens is 1100 g/mol. The number of hydrogen-bond acceptors (Lipinski definition) is 35.